The maximum Gasteiger partial charge on any atom is 0.147 e. The summed E-state index contributed by atoms with van der Waals surface area (Å²) in [5.41, 5.74) is 6.14. The maximum atomic E-state index is 11.2. The highest BCUT2D eigenvalue weighted by Crippen LogP contribution is 2.11. The Kier molecular flexibility index (Phi) is 5.37. The van der Waals surface area contributed by atoms with Crippen LogP contribution >= 0.6 is 0 Å². The quantitative estimate of drug-likeness (QED) is 0.732. The van der Waals surface area contributed by atoms with Crippen LogP contribution in [0.4, 0.5) is 0 Å². The number of nitrogens with zero attached hydrogens (tertiary/aromatic N) is 2. The molecule has 0 aromatic heterocycles. The topological polar surface area (TPSA) is 66.6 Å². The minimum Gasteiger partial charge on any atom is -0.326 e. The van der Waals surface area contributed by atoms with Crippen molar-refractivity contribution in [3.05, 3.63) is 0 Å². The number of nitrogens with two attached hydrogens (primary N) is 1. The van der Waals surface area contributed by atoms with Crippen molar-refractivity contribution >= 4 is 9.84 Å². The molecular formula is C11H25N3O2S. The van der Waals surface area contributed by atoms with Crippen molar-refractivity contribution in [2.24, 2.45) is 5.73 Å². The van der Waals surface area contributed by atoms with Crippen LogP contribution in [0, 0.1) is 0 Å². The Balaban J connectivity index is 2.55. The standard InChI is InChI=1S/C11H25N3O2S/c1-13-6-4-7-14(2)11(9-13)10(12)5-8-17(3,15)16/h10-11H,4-9,12H2,1-3H3. The van der Waals surface area contributed by atoms with Gasteiger partial charge in [-0.1, -0.05) is 0 Å². The lowest BCUT2D eigenvalue weighted by Gasteiger charge is -2.32. The van der Waals surface area contributed by atoms with Gasteiger partial charge in [0.2, 0.25) is 0 Å². The van der Waals surface area contributed by atoms with Crippen LogP contribution in [0.2, 0.25) is 0 Å². The third-order valence-electron chi connectivity index (χ3n) is 3.43. The van der Waals surface area contributed by atoms with Crippen LogP contribution in [-0.4, -0.2) is 76.0 Å². The van der Waals surface area contributed by atoms with Crippen LogP contribution < -0.4 is 5.73 Å². The number of sulfone groups is 1. The molecule has 1 rings (SSSR count). The predicted molar refractivity (Wildman–Crippen MR) is 70.8 cm³/mol. The van der Waals surface area contributed by atoms with Crippen LogP contribution in [0.5, 0.6) is 0 Å². The van der Waals surface area contributed by atoms with E-state index >= 15 is 0 Å². The molecule has 1 saturated heterocycles. The van der Waals surface area contributed by atoms with E-state index in [4.69, 9.17) is 5.73 Å². The molecule has 2 atom stereocenters. The molecule has 17 heavy (non-hydrogen) atoms. The molecule has 0 radical (unpaired) electrons. The van der Waals surface area contributed by atoms with E-state index in [9.17, 15) is 8.42 Å². The Bertz CT molecular complexity index is 332. The summed E-state index contributed by atoms with van der Waals surface area (Å²) in [7, 11) is 1.26. The first-order valence-electron chi connectivity index (χ1n) is 6.11. The fraction of sp³-hybridized carbons (Fsp3) is 1.00. The highest BCUT2D eigenvalue weighted by atomic mass is 32.2. The average molecular weight is 263 g/mol. The predicted octanol–water partition coefficient (Wildman–Crippen LogP) is -0.616. The van der Waals surface area contributed by atoms with Gasteiger partial charge < -0.3 is 15.5 Å². The summed E-state index contributed by atoms with van der Waals surface area (Å²) in [4.78, 5) is 4.53. The summed E-state index contributed by atoms with van der Waals surface area (Å²) in [6.45, 7) is 3.03. The van der Waals surface area contributed by atoms with Gasteiger partial charge >= 0.3 is 0 Å². The van der Waals surface area contributed by atoms with Crippen molar-refractivity contribution in [1.29, 1.82) is 0 Å². The smallest absolute Gasteiger partial charge is 0.147 e. The van der Waals surface area contributed by atoms with Gasteiger partial charge in [0.15, 0.2) is 0 Å². The number of likely N-dealkylation sites (N-methyl/N-ethyl adjacent to an activating group) is 2. The molecule has 0 bridgehead atoms. The van der Waals surface area contributed by atoms with Crippen LogP contribution in [0.3, 0.4) is 0 Å². The van der Waals surface area contributed by atoms with E-state index in [1.54, 1.807) is 0 Å². The van der Waals surface area contributed by atoms with E-state index in [2.05, 4.69) is 23.9 Å². The van der Waals surface area contributed by atoms with Crippen molar-refractivity contribution in [1.82, 2.24) is 9.80 Å². The second-order valence-corrected chi connectivity index (χ2v) is 7.51. The van der Waals surface area contributed by atoms with Crippen LogP contribution in [-0.2, 0) is 9.84 Å². The molecule has 0 spiro atoms. The lowest BCUT2D eigenvalue weighted by molar-refractivity contribution is 0.194. The molecule has 0 aliphatic carbocycles. The van der Waals surface area contributed by atoms with Crippen molar-refractivity contribution in [2.45, 2.75) is 24.9 Å². The van der Waals surface area contributed by atoms with E-state index in [-0.39, 0.29) is 17.8 Å². The van der Waals surface area contributed by atoms with E-state index < -0.39 is 9.84 Å². The molecule has 1 aliphatic rings. The Hall–Kier alpha value is -0.170. The third-order valence-corrected chi connectivity index (χ3v) is 4.41. The van der Waals surface area contributed by atoms with Crippen LogP contribution in [0.15, 0.2) is 0 Å². The van der Waals surface area contributed by atoms with Gasteiger partial charge in [0.25, 0.3) is 0 Å². The summed E-state index contributed by atoms with van der Waals surface area (Å²) >= 11 is 0. The maximum absolute atomic E-state index is 11.2. The Labute approximate surface area is 105 Å². The first kappa shape index (κ1) is 14.9. The summed E-state index contributed by atoms with van der Waals surface area (Å²) in [5.74, 6) is 0.183. The first-order chi connectivity index (χ1) is 7.79. The van der Waals surface area contributed by atoms with E-state index in [0.717, 1.165) is 26.1 Å². The first-order valence-corrected chi connectivity index (χ1v) is 8.18. The molecule has 0 aromatic carbocycles. The highest BCUT2D eigenvalue weighted by Gasteiger charge is 2.26. The summed E-state index contributed by atoms with van der Waals surface area (Å²) in [5, 5.41) is 0. The summed E-state index contributed by atoms with van der Waals surface area (Å²) < 4.78 is 22.3. The van der Waals surface area contributed by atoms with E-state index in [0.29, 0.717) is 6.42 Å². The molecular weight excluding hydrogens is 238 g/mol. The molecule has 2 N–H and O–H groups in total. The molecule has 5 nitrogen and oxygen atoms in total. The number of hydrogen-bond acceptors (Lipinski definition) is 5. The fourth-order valence-corrected chi connectivity index (χ4v) is 3.01. The van der Waals surface area contributed by atoms with Gasteiger partial charge in [-0.05, 0) is 40.0 Å². The van der Waals surface area contributed by atoms with Crippen molar-refractivity contribution < 1.29 is 8.42 Å². The zero-order valence-electron chi connectivity index (χ0n) is 11.1. The van der Waals surface area contributed by atoms with Crippen LogP contribution in [0.1, 0.15) is 12.8 Å². The summed E-state index contributed by atoms with van der Waals surface area (Å²) in [6, 6.07) is 0.180. The van der Waals surface area contributed by atoms with Crippen LogP contribution in [0.25, 0.3) is 0 Å². The second-order valence-electron chi connectivity index (χ2n) is 5.25. The average Bonchev–Trinajstić information content (AvgIpc) is 2.36. The zero-order chi connectivity index (χ0) is 13.1. The SMILES string of the molecule is CN1CCCN(C)C(C(N)CCS(C)(=O)=O)C1. The second kappa shape index (κ2) is 6.13. The molecule has 0 aromatic rings. The molecule has 1 fully saturated rings. The molecule has 1 heterocycles. The summed E-state index contributed by atoms with van der Waals surface area (Å²) in [6.07, 6.45) is 2.95. The van der Waals surface area contributed by atoms with Gasteiger partial charge in [0.1, 0.15) is 9.84 Å². The lowest BCUT2D eigenvalue weighted by atomic mass is 10.1. The molecule has 102 valence electrons. The Morgan fingerprint density at radius 1 is 1.35 bits per heavy atom. The molecule has 0 saturated carbocycles. The fourth-order valence-electron chi connectivity index (χ4n) is 2.31. The van der Waals surface area contributed by atoms with E-state index in [1.807, 2.05) is 0 Å². The Morgan fingerprint density at radius 3 is 2.59 bits per heavy atom. The monoisotopic (exact) mass is 263 g/mol. The highest BCUT2D eigenvalue weighted by molar-refractivity contribution is 7.90. The molecule has 1 aliphatic heterocycles. The molecule has 2 unspecified atom stereocenters. The van der Waals surface area contributed by atoms with Gasteiger partial charge in [0.05, 0.1) is 5.75 Å². The Morgan fingerprint density at radius 2 is 2.00 bits per heavy atom. The molecule has 0 amide bonds. The van der Waals surface area contributed by atoms with Gasteiger partial charge in [-0.3, -0.25) is 0 Å². The number of rotatable bonds is 4. The van der Waals surface area contributed by atoms with Gasteiger partial charge in [-0.2, -0.15) is 0 Å². The van der Waals surface area contributed by atoms with Crippen molar-refractivity contribution in [2.75, 3.05) is 45.7 Å². The third kappa shape index (κ3) is 5.33. The van der Waals surface area contributed by atoms with Crippen molar-refractivity contribution in [3.8, 4) is 0 Å². The normalized spacial score (nSPS) is 26.7. The minimum absolute atomic E-state index is 0.0738. The van der Waals surface area contributed by atoms with Gasteiger partial charge in [0, 0.05) is 24.9 Å². The van der Waals surface area contributed by atoms with Gasteiger partial charge in [-0.15, -0.1) is 0 Å². The number of hydrogen-bond donors (Lipinski definition) is 1. The van der Waals surface area contributed by atoms with E-state index in [1.165, 1.54) is 6.26 Å². The minimum atomic E-state index is -2.91. The molecule has 6 heteroatoms. The lowest BCUT2D eigenvalue weighted by Crippen LogP contribution is -2.50. The largest absolute Gasteiger partial charge is 0.326 e. The van der Waals surface area contributed by atoms with Crippen molar-refractivity contribution in [3.63, 3.8) is 0 Å². The zero-order valence-corrected chi connectivity index (χ0v) is 11.9. The van der Waals surface area contributed by atoms with Gasteiger partial charge in [-0.25, -0.2) is 8.42 Å².